The van der Waals surface area contributed by atoms with Crippen LogP contribution in [0, 0.1) is 0 Å². The molecule has 0 fully saturated rings. The highest BCUT2D eigenvalue weighted by atomic mass is 16.3. The Balaban J connectivity index is 1.87. The first kappa shape index (κ1) is 18.8. The number of rotatable bonds is 2. The number of aliphatic hydroxyl groups is 2. The standard InChI is InChI=1S/C28H24O2/c1-27(29)23-15-9-10-16-24(23)28(2,30)26-18-22(20-13-7-4-8-14-20)21(17-25(26)27)19-11-5-3-6-12-19/h3-18,29-30H,1-2H3. The lowest BCUT2D eigenvalue weighted by molar-refractivity contribution is 0.0510. The lowest BCUT2D eigenvalue weighted by Crippen LogP contribution is -2.39. The van der Waals surface area contributed by atoms with Crippen LogP contribution >= 0.6 is 0 Å². The van der Waals surface area contributed by atoms with Crippen LogP contribution in [0.4, 0.5) is 0 Å². The summed E-state index contributed by atoms with van der Waals surface area (Å²) >= 11 is 0. The minimum absolute atomic E-state index is 0.740. The Morgan fingerprint density at radius 1 is 0.467 bits per heavy atom. The van der Waals surface area contributed by atoms with Crippen LogP contribution < -0.4 is 0 Å². The molecule has 0 bridgehead atoms. The second kappa shape index (κ2) is 6.66. The van der Waals surface area contributed by atoms with Crippen molar-refractivity contribution in [3.05, 3.63) is 119 Å². The van der Waals surface area contributed by atoms with Gasteiger partial charge in [0.25, 0.3) is 0 Å². The Bertz CT molecular complexity index is 1120. The van der Waals surface area contributed by atoms with E-state index in [0.29, 0.717) is 0 Å². The summed E-state index contributed by atoms with van der Waals surface area (Å²) in [4.78, 5) is 0. The van der Waals surface area contributed by atoms with Crippen molar-refractivity contribution in [1.82, 2.24) is 0 Å². The van der Waals surface area contributed by atoms with Crippen molar-refractivity contribution in [2.24, 2.45) is 0 Å². The minimum Gasteiger partial charge on any atom is -0.381 e. The Morgan fingerprint density at radius 3 is 1.17 bits per heavy atom. The third kappa shape index (κ3) is 2.72. The van der Waals surface area contributed by atoms with Crippen molar-refractivity contribution in [3.63, 3.8) is 0 Å². The van der Waals surface area contributed by atoms with Crippen molar-refractivity contribution in [1.29, 1.82) is 0 Å². The molecule has 1 aliphatic carbocycles. The molecule has 2 unspecified atom stereocenters. The summed E-state index contributed by atoms with van der Waals surface area (Å²) in [6.45, 7) is 3.63. The molecule has 0 aliphatic heterocycles. The van der Waals surface area contributed by atoms with Gasteiger partial charge in [-0.3, -0.25) is 0 Å². The Labute approximate surface area is 177 Å². The van der Waals surface area contributed by atoms with Gasteiger partial charge in [-0.15, -0.1) is 0 Å². The van der Waals surface area contributed by atoms with Crippen molar-refractivity contribution in [2.75, 3.05) is 0 Å². The minimum atomic E-state index is -1.20. The summed E-state index contributed by atoms with van der Waals surface area (Å²) in [5.41, 5.74) is 4.80. The Hall–Kier alpha value is -3.20. The van der Waals surface area contributed by atoms with Crippen LogP contribution in [0.5, 0.6) is 0 Å². The fraction of sp³-hybridized carbons (Fsp3) is 0.143. The molecule has 2 atom stereocenters. The number of fused-ring (bicyclic) bond motifs is 2. The predicted molar refractivity (Wildman–Crippen MR) is 121 cm³/mol. The highest BCUT2D eigenvalue weighted by molar-refractivity contribution is 5.85. The molecule has 0 saturated heterocycles. The first-order valence-corrected chi connectivity index (χ1v) is 10.3. The topological polar surface area (TPSA) is 40.5 Å². The van der Waals surface area contributed by atoms with Crippen molar-refractivity contribution < 1.29 is 10.2 Å². The molecule has 4 aromatic rings. The fourth-order valence-electron chi connectivity index (χ4n) is 4.74. The van der Waals surface area contributed by atoms with Gasteiger partial charge in [0.1, 0.15) is 11.2 Å². The second-order valence-corrected chi connectivity index (χ2v) is 8.37. The van der Waals surface area contributed by atoms with E-state index in [1.54, 1.807) is 0 Å². The fourth-order valence-corrected chi connectivity index (χ4v) is 4.74. The lowest BCUT2D eigenvalue weighted by atomic mass is 9.67. The van der Waals surface area contributed by atoms with E-state index in [2.05, 4.69) is 36.4 Å². The molecular formula is C28H24O2. The maximum atomic E-state index is 11.6. The van der Waals surface area contributed by atoms with Crippen molar-refractivity contribution in [3.8, 4) is 22.3 Å². The number of benzene rings is 4. The van der Waals surface area contributed by atoms with Gasteiger partial charge in [-0.05, 0) is 70.5 Å². The molecule has 5 rings (SSSR count). The smallest absolute Gasteiger partial charge is 0.113 e. The first-order valence-electron chi connectivity index (χ1n) is 10.3. The lowest BCUT2D eigenvalue weighted by Gasteiger charge is -2.42. The van der Waals surface area contributed by atoms with Gasteiger partial charge in [0.15, 0.2) is 0 Å². The molecule has 4 aromatic carbocycles. The van der Waals surface area contributed by atoms with E-state index in [1.165, 1.54) is 0 Å². The molecule has 2 nitrogen and oxygen atoms in total. The summed E-state index contributed by atoms with van der Waals surface area (Å²) in [6.07, 6.45) is 0. The van der Waals surface area contributed by atoms with E-state index in [0.717, 1.165) is 44.5 Å². The Morgan fingerprint density at radius 2 is 0.800 bits per heavy atom. The number of hydrogen-bond donors (Lipinski definition) is 2. The molecule has 148 valence electrons. The summed E-state index contributed by atoms with van der Waals surface area (Å²) in [7, 11) is 0. The van der Waals surface area contributed by atoms with E-state index < -0.39 is 11.2 Å². The zero-order chi connectivity index (χ0) is 20.9. The van der Waals surface area contributed by atoms with E-state index >= 15 is 0 Å². The average molecular weight is 392 g/mol. The monoisotopic (exact) mass is 392 g/mol. The van der Waals surface area contributed by atoms with Gasteiger partial charge in [-0.2, -0.15) is 0 Å². The average Bonchev–Trinajstić information content (AvgIpc) is 2.78. The normalized spacial score (nSPS) is 22.3. The molecule has 0 radical (unpaired) electrons. The maximum Gasteiger partial charge on any atom is 0.113 e. The highest BCUT2D eigenvalue weighted by Gasteiger charge is 2.45. The van der Waals surface area contributed by atoms with Gasteiger partial charge in [0, 0.05) is 0 Å². The van der Waals surface area contributed by atoms with Crippen molar-refractivity contribution in [2.45, 2.75) is 25.0 Å². The van der Waals surface area contributed by atoms with Crippen LogP contribution in [0.15, 0.2) is 97.1 Å². The van der Waals surface area contributed by atoms with Gasteiger partial charge in [0.2, 0.25) is 0 Å². The third-order valence-electron chi connectivity index (χ3n) is 6.35. The summed E-state index contributed by atoms with van der Waals surface area (Å²) < 4.78 is 0. The van der Waals surface area contributed by atoms with Crippen LogP contribution in [0.3, 0.4) is 0 Å². The van der Waals surface area contributed by atoms with Crippen LogP contribution in [-0.4, -0.2) is 10.2 Å². The second-order valence-electron chi connectivity index (χ2n) is 8.37. The summed E-state index contributed by atoms with van der Waals surface area (Å²) in [6, 6.07) is 32.1. The van der Waals surface area contributed by atoms with Gasteiger partial charge < -0.3 is 10.2 Å². The van der Waals surface area contributed by atoms with Gasteiger partial charge in [-0.1, -0.05) is 84.9 Å². The SMILES string of the molecule is CC1(O)c2ccccc2C(C)(O)c2cc(-c3ccccc3)c(-c3ccccc3)cc21. The highest BCUT2D eigenvalue weighted by Crippen LogP contribution is 2.50. The molecule has 2 N–H and O–H groups in total. The molecule has 2 heteroatoms. The van der Waals surface area contributed by atoms with E-state index in [9.17, 15) is 10.2 Å². The van der Waals surface area contributed by atoms with Crippen LogP contribution in [0.2, 0.25) is 0 Å². The largest absolute Gasteiger partial charge is 0.381 e. The Kier molecular flexibility index (Phi) is 4.18. The molecule has 0 aromatic heterocycles. The maximum absolute atomic E-state index is 11.6. The van der Waals surface area contributed by atoms with E-state index in [1.807, 2.05) is 74.5 Å². The quantitative estimate of drug-likeness (QED) is 0.449. The first-order chi connectivity index (χ1) is 14.4. The van der Waals surface area contributed by atoms with E-state index in [-0.39, 0.29) is 0 Å². The van der Waals surface area contributed by atoms with Crippen molar-refractivity contribution >= 4 is 0 Å². The molecule has 1 aliphatic rings. The zero-order valence-electron chi connectivity index (χ0n) is 17.1. The van der Waals surface area contributed by atoms with Crippen LogP contribution in [-0.2, 0) is 11.2 Å². The molecule has 0 heterocycles. The van der Waals surface area contributed by atoms with E-state index in [4.69, 9.17) is 0 Å². The van der Waals surface area contributed by atoms with Gasteiger partial charge in [-0.25, -0.2) is 0 Å². The molecule has 0 saturated carbocycles. The predicted octanol–water partition coefficient (Wildman–Crippen LogP) is 5.85. The summed E-state index contributed by atoms with van der Waals surface area (Å²) in [5.74, 6) is 0. The number of hydrogen-bond acceptors (Lipinski definition) is 2. The molecular weight excluding hydrogens is 368 g/mol. The van der Waals surface area contributed by atoms with Crippen LogP contribution in [0.25, 0.3) is 22.3 Å². The summed E-state index contributed by atoms with van der Waals surface area (Å²) in [5, 5.41) is 23.3. The molecule has 0 amide bonds. The van der Waals surface area contributed by atoms with Gasteiger partial charge in [0.05, 0.1) is 0 Å². The molecule has 0 spiro atoms. The molecule has 30 heavy (non-hydrogen) atoms. The van der Waals surface area contributed by atoms with Gasteiger partial charge >= 0.3 is 0 Å². The zero-order valence-corrected chi connectivity index (χ0v) is 17.1. The third-order valence-corrected chi connectivity index (χ3v) is 6.35. The van der Waals surface area contributed by atoms with Crippen LogP contribution in [0.1, 0.15) is 36.1 Å².